The second-order valence-electron chi connectivity index (χ2n) is 7.07. The van der Waals surface area contributed by atoms with E-state index in [2.05, 4.69) is 15.3 Å². The highest BCUT2D eigenvalue weighted by Gasteiger charge is 2.29. The lowest BCUT2D eigenvalue weighted by Gasteiger charge is -2.25. The van der Waals surface area contributed by atoms with Crippen LogP contribution in [0.15, 0.2) is 42.7 Å². The van der Waals surface area contributed by atoms with E-state index in [0.29, 0.717) is 42.8 Å². The molecule has 1 aromatic carbocycles. The maximum atomic E-state index is 14.8. The lowest BCUT2D eigenvalue weighted by molar-refractivity contribution is -0.130. The molecule has 0 spiro atoms. The average molecular weight is 412 g/mol. The Labute approximate surface area is 171 Å². The number of amides is 2. The number of carbonyl (C=O) groups is 2. The molecule has 0 saturated carbocycles. The van der Waals surface area contributed by atoms with Gasteiger partial charge in [0.25, 0.3) is 0 Å². The van der Waals surface area contributed by atoms with E-state index in [1.807, 2.05) is 0 Å². The minimum absolute atomic E-state index is 0.0412. The van der Waals surface area contributed by atoms with Crippen LogP contribution >= 0.6 is 0 Å². The van der Waals surface area contributed by atoms with Gasteiger partial charge in [0.2, 0.25) is 11.8 Å². The second-order valence-corrected chi connectivity index (χ2v) is 7.07. The van der Waals surface area contributed by atoms with Crippen LogP contribution in [0.2, 0.25) is 0 Å². The van der Waals surface area contributed by atoms with E-state index >= 15 is 0 Å². The fourth-order valence-corrected chi connectivity index (χ4v) is 3.49. The van der Waals surface area contributed by atoms with Crippen LogP contribution in [-0.2, 0) is 14.3 Å². The fourth-order valence-electron chi connectivity index (χ4n) is 3.49. The summed E-state index contributed by atoms with van der Waals surface area (Å²) in [5, 5.41) is 3.51. The number of benzene rings is 1. The number of nitrogens with one attached hydrogen (secondary N) is 2. The third kappa shape index (κ3) is 4.11. The smallest absolute Gasteiger partial charge is 0.237 e. The lowest BCUT2D eigenvalue weighted by atomic mass is 9.96. The third-order valence-corrected chi connectivity index (χ3v) is 5.04. The van der Waals surface area contributed by atoms with Gasteiger partial charge in [0.15, 0.2) is 11.6 Å². The van der Waals surface area contributed by atoms with Crippen LogP contribution in [0.5, 0.6) is 11.5 Å². The van der Waals surface area contributed by atoms with E-state index in [4.69, 9.17) is 15.2 Å². The van der Waals surface area contributed by atoms with Crippen molar-refractivity contribution in [2.45, 2.75) is 24.8 Å². The monoisotopic (exact) mass is 412 g/mol. The van der Waals surface area contributed by atoms with Crippen molar-refractivity contribution >= 4 is 22.8 Å². The van der Waals surface area contributed by atoms with E-state index in [9.17, 15) is 14.0 Å². The molecule has 9 heteroatoms. The molecule has 1 unspecified atom stereocenters. The first-order valence-electron chi connectivity index (χ1n) is 9.60. The molecule has 0 bridgehead atoms. The number of ether oxygens (including phenoxy) is 2. The van der Waals surface area contributed by atoms with Crippen LogP contribution in [0.4, 0.5) is 4.39 Å². The van der Waals surface area contributed by atoms with Crippen molar-refractivity contribution in [1.82, 2.24) is 15.3 Å². The number of H-pyrrole nitrogens is 1. The van der Waals surface area contributed by atoms with Crippen molar-refractivity contribution in [3.63, 3.8) is 0 Å². The van der Waals surface area contributed by atoms with E-state index in [1.54, 1.807) is 24.5 Å². The molecule has 0 radical (unpaired) electrons. The summed E-state index contributed by atoms with van der Waals surface area (Å²) in [6, 6.07) is 7.24. The van der Waals surface area contributed by atoms with Crippen molar-refractivity contribution in [2.24, 2.45) is 5.73 Å². The van der Waals surface area contributed by atoms with E-state index in [-0.39, 0.29) is 17.4 Å². The summed E-state index contributed by atoms with van der Waals surface area (Å²) in [6.45, 7) is 1.08. The minimum Gasteiger partial charge on any atom is -0.453 e. The van der Waals surface area contributed by atoms with Gasteiger partial charge in [-0.15, -0.1) is 0 Å². The van der Waals surface area contributed by atoms with Crippen LogP contribution in [0.25, 0.3) is 11.0 Å². The standard InChI is InChI=1S/C21H21FN4O4/c22-15-11-12(18(19(23)27)21(28)26-13-5-9-29-10-6-13)1-2-17(15)30-16-4-8-25-20-14(16)3-7-24-20/h1-4,7-8,11,13,18H,5-6,9-10H2,(H2,23,27)(H,24,25)(H,26,28). The number of nitrogens with two attached hydrogens (primary N) is 1. The van der Waals surface area contributed by atoms with Gasteiger partial charge < -0.3 is 25.5 Å². The Hall–Kier alpha value is -3.46. The highest BCUT2D eigenvalue weighted by atomic mass is 19.1. The molecule has 1 saturated heterocycles. The fraction of sp³-hybridized carbons (Fsp3) is 0.286. The van der Waals surface area contributed by atoms with Crippen LogP contribution < -0.4 is 15.8 Å². The molecule has 4 N–H and O–H groups in total. The first-order valence-corrected chi connectivity index (χ1v) is 9.60. The topological polar surface area (TPSA) is 119 Å². The molecule has 2 amide bonds. The largest absolute Gasteiger partial charge is 0.453 e. The highest BCUT2D eigenvalue weighted by Crippen LogP contribution is 2.31. The molecule has 1 aliphatic rings. The van der Waals surface area contributed by atoms with Gasteiger partial charge in [-0.25, -0.2) is 9.37 Å². The molecule has 3 heterocycles. The number of hydrogen-bond acceptors (Lipinski definition) is 5. The van der Waals surface area contributed by atoms with Crippen LogP contribution in [0.1, 0.15) is 24.3 Å². The van der Waals surface area contributed by atoms with Gasteiger partial charge in [0.05, 0.1) is 5.39 Å². The van der Waals surface area contributed by atoms with Crippen molar-refractivity contribution in [3.05, 3.63) is 54.1 Å². The molecule has 1 fully saturated rings. The second kappa shape index (κ2) is 8.50. The number of pyridine rings is 1. The molecule has 0 aliphatic carbocycles. The number of nitrogens with zero attached hydrogens (tertiary/aromatic N) is 1. The quantitative estimate of drug-likeness (QED) is 0.537. The normalized spacial score (nSPS) is 15.6. The molecule has 3 aromatic rings. The SMILES string of the molecule is NC(=O)C(C(=O)NC1CCOCC1)c1ccc(Oc2ccnc3[nH]ccc23)c(F)c1. The summed E-state index contributed by atoms with van der Waals surface area (Å²) < 4.78 is 25.7. The third-order valence-electron chi connectivity index (χ3n) is 5.04. The zero-order valence-corrected chi connectivity index (χ0v) is 16.1. The van der Waals surface area contributed by atoms with Crippen molar-refractivity contribution in [3.8, 4) is 11.5 Å². The number of halogens is 1. The molecule has 4 rings (SSSR count). The maximum absolute atomic E-state index is 14.8. The van der Waals surface area contributed by atoms with Gasteiger partial charge in [0, 0.05) is 31.6 Å². The predicted octanol–water partition coefficient (Wildman–Crippen LogP) is 2.36. The summed E-state index contributed by atoms with van der Waals surface area (Å²) in [6.07, 6.45) is 4.55. The Morgan fingerprint density at radius 1 is 1.23 bits per heavy atom. The summed E-state index contributed by atoms with van der Waals surface area (Å²) in [5.41, 5.74) is 6.23. The number of fused-ring (bicyclic) bond motifs is 1. The van der Waals surface area contributed by atoms with Crippen molar-refractivity contribution in [1.29, 1.82) is 0 Å². The lowest BCUT2D eigenvalue weighted by Crippen LogP contribution is -2.44. The minimum atomic E-state index is -1.30. The molecule has 1 aliphatic heterocycles. The molecule has 156 valence electrons. The Kier molecular flexibility index (Phi) is 5.62. The zero-order valence-electron chi connectivity index (χ0n) is 16.1. The Balaban J connectivity index is 1.55. The maximum Gasteiger partial charge on any atom is 0.237 e. The predicted molar refractivity (Wildman–Crippen MR) is 106 cm³/mol. The van der Waals surface area contributed by atoms with E-state index < -0.39 is 23.5 Å². The highest BCUT2D eigenvalue weighted by molar-refractivity contribution is 6.05. The number of aromatic amines is 1. The van der Waals surface area contributed by atoms with E-state index in [0.717, 1.165) is 6.07 Å². The number of rotatable bonds is 6. The first-order chi connectivity index (χ1) is 14.5. The van der Waals surface area contributed by atoms with Crippen molar-refractivity contribution < 1.29 is 23.5 Å². The number of hydrogen-bond donors (Lipinski definition) is 3. The summed E-state index contributed by atoms with van der Waals surface area (Å²) in [5.74, 6) is -3.02. The average Bonchev–Trinajstić information content (AvgIpc) is 3.20. The first kappa shape index (κ1) is 19.8. The Bertz CT molecular complexity index is 1080. The Morgan fingerprint density at radius 2 is 2.03 bits per heavy atom. The summed E-state index contributed by atoms with van der Waals surface area (Å²) in [4.78, 5) is 31.7. The molecular formula is C21H21FN4O4. The van der Waals surface area contributed by atoms with Gasteiger partial charge in [0.1, 0.15) is 17.3 Å². The molecule has 30 heavy (non-hydrogen) atoms. The van der Waals surface area contributed by atoms with Crippen LogP contribution in [-0.4, -0.2) is 41.0 Å². The van der Waals surface area contributed by atoms with Gasteiger partial charge in [-0.3, -0.25) is 9.59 Å². The van der Waals surface area contributed by atoms with Gasteiger partial charge in [-0.1, -0.05) is 6.07 Å². The molecular weight excluding hydrogens is 391 g/mol. The molecule has 8 nitrogen and oxygen atoms in total. The Morgan fingerprint density at radius 3 is 2.77 bits per heavy atom. The van der Waals surface area contributed by atoms with Crippen LogP contribution in [0.3, 0.4) is 0 Å². The van der Waals surface area contributed by atoms with Crippen LogP contribution in [0, 0.1) is 5.82 Å². The number of primary amides is 1. The summed E-state index contributed by atoms with van der Waals surface area (Å²) in [7, 11) is 0. The zero-order chi connectivity index (χ0) is 21.1. The van der Waals surface area contributed by atoms with Gasteiger partial charge in [-0.05, 0) is 42.7 Å². The van der Waals surface area contributed by atoms with Gasteiger partial charge >= 0.3 is 0 Å². The van der Waals surface area contributed by atoms with Crippen molar-refractivity contribution in [2.75, 3.05) is 13.2 Å². The molecule has 2 aromatic heterocycles. The summed E-state index contributed by atoms with van der Waals surface area (Å²) >= 11 is 0. The number of aromatic nitrogens is 2. The number of carbonyl (C=O) groups excluding carboxylic acids is 2. The van der Waals surface area contributed by atoms with Gasteiger partial charge in [-0.2, -0.15) is 0 Å². The van der Waals surface area contributed by atoms with E-state index in [1.165, 1.54) is 12.1 Å². The molecule has 1 atom stereocenters.